The van der Waals surface area contributed by atoms with Gasteiger partial charge in [0, 0.05) is 6.07 Å². The van der Waals surface area contributed by atoms with Crippen molar-refractivity contribution in [2.45, 2.75) is 25.9 Å². The number of hydrogen-bond donors (Lipinski definition) is 0. The van der Waals surface area contributed by atoms with Crippen molar-refractivity contribution in [1.29, 1.82) is 5.26 Å². The summed E-state index contributed by atoms with van der Waals surface area (Å²) < 4.78 is 16.1. The Balaban J connectivity index is 2.07. The summed E-state index contributed by atoms with van der Waals surface area (Å²) in [4.78, 5) is 0. The van der Waals surface area contributed by atoms with Gasteiger partial charge in [-0.2, -0.15) is 5.26 Å². The average molecular weight is 219 g/mol. The molecule has 1 aliphatic heterocycles. The van der Waals surface area contributed by atoms with Gasteiger partial charge in [-0.15, -0.1) is 0 Å². The normalized spacial score (nSPS) is 14.2. The summed E-state index contributed by atoms with van der Waals surface area (Å²) in [6, 6.07) is 7.55. The molecule has 84 valence electrons. The SMILES string of the molecule is CCC(CC#N)Oc1ccc2c(c1)OCO2. The van der Waals surface area contributed by atoms with E-state index < -0.39 is 0 Å². The van der Waals surface area contributed by atoms with Gasteiger partial charge >= 0.3 is 0 Å². The molecule has 1 aromatic rings. The second-order valence-electron chi connectivity index (χ2n) is 3.53. The van der Waals surface area contributed by atoms with Crippen molar-refractivity contribution in [3.63, 3.8) is 0 Å². The van der Waals surface area contributed by atoms with Crippen molar-refractivity contribution in [3.8, 4) is 23.3 Å². The molecule has 2 rings (SSSR count). The van der Waals surface area contributed by atoms with Gasteiger partial charge in [0.2, 0.25) is 6.79 Å². The Morgan fingerprint density at radius 2 is 2.25 bits per heavy atom. The van der Waals surface area contributed by atoms with E-state index in [1.807, 2.05) is 19.1 Å². The number of hydrogen-bond acceptors (Lipinski definition) is 4. The zero-order valence-corrected chi connectivity index (χ0v) is 9.10. The zero-order chi connectivity index (χ0) is 11.4. The fraction of sp³-hybridized carbons (Fsp3) is 0.417. The highest BCUT2D eigenvalue weighted by Crippen LogP contribution is 2.35. The lowest BCUT2D eigenvalue weighted by molar-refractivity contribution is 0.173. The highest BCUT2D eigenvalue weighted by molar-refractivity contribution is 5.46. The Morgan fingerprint density at radius 1 is 1.44 bits per heavy atom. The van der Waals surface area contributed by atoms with Gasteiger partial charge < -0.3 is 14.2 Å². The maximum Gasteiger partial charge on any atom is 0.231 e. The third kappa shape index (κ3) is 2.19. The quantitative estimate of drug-likeness (QED) is 0.780. The van der Waals surface area contributed by atoms with Crippen molar-refractivity contribution >= 4 is 0 Å². The molecule has 1 unspecified atom stereocenters. The van der Waals surface area contributed by atoms with E-state index in [4.69, 9.17) is 19.5 Å². The fourth-order valence-electron chi connectivity index (χ4n) is 1.51. The first kappa shape index (κ1) is 10.6. The van der Waals surface area contributed by atoms with Crippen LogP contribution in [0.4, 0.5) is 0 Å². The monoisotopic (exact) mass is 219 g/mol. The molecule has 1 aromatic carbocycles. The maximum atomic E-state index is 8.63. The standard InChI is InChI=1S/C12H13NO3/c1-2-9(5-6-13)16-10-3-4-11-12(7-10)15-8-14-11/h3-4,7,9H,2,5,8H2,1H3. The van der Waals surface area contributed by atoms with Crippen molar-refractivity contribution in [3.05, 3.63) is 18.2 Å². The molecule has 4 nitrogen and oxygen atoms in total. The third-order valence-electron chi connectivity index (χ3n) is 2.42. The molecular weight excluding hydrogens is 206 g/mol. The van der Waals surface area contributed by atoms with Gasteiger partial charge in [-0.25, -0.2) is 0 Å². The van der Waals surface area contributed by atoms with Crippen LogP contribution in [0.5, 0.6) is 17.2 Å². The molecule has 16 heavy (non-hydrogen) atoms. The summed E-state index contributed by atoms with van der Waals surface area (Å²) in [6.07, 6.45) is 1.14. The van der Waals surface area contributed by atoms with E-state index in [-0.39, 0.29) is 12.9 Å². The van der Waals surface area contributed by atoms with Crippen LogP contribution in [0, 0.1) is 11.3 Å². The van der Waals surface area contributed by atoms with Gasteiger partial charge in [0.1, 0.15) is 11.9 Å². The van der Waals surface area contributed by atoms with E-state index >= 15 is 0 Å². The molecule has 0 fully saturated rings. The van der Waals surface area contributed by atoms with Crippen molar-refractivity contribution in [2.24, 2.45) is 0 Å². The van der Waals surface area contributed by atoms with E-state index in [0.29, 0.717) is 17.9 Å². The third-order valence-corrected chi connectivity index (χ3v) is 2.42. The van der Waals surface area contributed by atoms with Crippen LogP contribution < -0.4 is 14.2 Å². The molecule has 4 heteroatoms. The Kier molecular flexibility index (Phi) is 3.16. The van der Waals surface area contributed by atoms with Crippen LogP contribution in [0.1, 0.15) is 19.8 Å². The number of ether oxygens (including phenoxy) is 3. The molecule has 0 bridgehead atoms. The van der Waals surface area contributed by atoms with Gasteiger partial charge in [-0.3, -0.25) is 0 Å². The van der Waals surface area contributed by atoms with Gasteiger partial charge in [0.05, 0.1) is 12.5 Å². The number of nitrogens with zero attached hydrogens (tertiary/aromatic N) is 1. The van der Waals surface area contributed by atoms with E-state index in [1.54, 1.807) is 6.07 Å². The lowest BCUT2D eigenvalue weighted by atomic mass is 10.2. The van der Waals surface area contributed by atoms with Gasteiger partial charge in [-0.1, -0.05) is 6.92 Å². The summed E-state index contributed by atoms with van der Waals surface area (Å²) in [5.41, 5.74) is 0. The van der Waals surface area contributed by atoms with Crippen molar-refractivity contribution < 1.29 is 14.2 Å². The van der Waals surface area contributed by atoms with E-state index in [2.05, 4.69) is 6.07 Å². The maximum absolute atomic E-state index is 8.63. The summed E-state index contributed by atoms with van der Waals surface area (Å²) in [5.74, 6) is 2.15. The number of benzene rings is 1. The lowest BCUT2D eigenvalue weighted by Crippen LogP contribution is -2.14. The van der Waals surface area contributed by atoms with Crippen LogP contribution in [0.25, 0.3) is 0 Å². The summed E-state index contributed by atoms with van der Waals surface area (Å²) in [6.45, 7) is 2.25. The van der Waals surface area contributed by atoms with Crippen LogP contribution in [-0.4, -0.2) is 12.9 Å². The van der Waals surface area contributed by atoms with E-state index in [0.717, 1.165) is 12.2 Å². The van der Waals surface area contributed by atoms with Crippen LogP contribution >= 0.6 is 0 Å². The van der Waals surface area contributed by atoms with E-state index in [9.17, 15) is 0 Å². The highest BCUT2D eigenvalue weighted by atomic mass is 16.7. The summed E-state index contributed by atoms with van der Waals surface area (Å²) >= 11 is 0. The first-order chi connectivity index (χ1) is 7.83. The van der Waals surface area contributed by atoms with Crippen molar-refractivity contribution in [1.82, 2.24) is 0 Å². The Morgan fingerprint density at radius 3 is 3.00 bits per heavy atom. The molecule has 1 atom stereocenters. The Hall–Kier alpha value is -1.89. The molecule has 0 saturated heterocycles. The fourth-order valence-corrected chi connectivity index (χ4v) is 1.51. The molecule has 0 aliphatic carbocycles. The van der Waals surface area contributed by atoms with Gasteiger partial charge in [0.25, 0.3) is 0 Å². The van der Waals surface area contributed by atoms with Crippen LogP contribution in [0.3, 0.4) is 0 Å². The predicted octanol–water partition coefficient (Wildman–Crippen LogP) is 2.49. The zero-order valence-electron chi connectivity index (χ0n) is 9.10. The summed E-state index contributed by atoms with van der Waals surface area (Å²) in [5, 5.41) is 8.63. The lowest BCUT2D eigenvalue weighted by Gasteiger charge is -2.14. The number of rotatable bonds is 4. The minimum absolute atomic E-state index is 0.0645. The molecule has 0 spiro atoms. The van der Waals surface area contributed by atoms with E-state index in [1.165, 1.54) is 0 Å². The minimum Gasteiger partial charge on any atom is -0.489 e. The van der Waals surface area contributed by atoms with Crippen LogP contribution in [0.2, 0.25) is 0 Å². The van der Waals surface area contributed by atoms with Crippen LogP contribution in [0.15, 0.2) is 18.2 Å². The molecule has 1 heterocycles. The first-order valence-corrected chi connectivity index (χ1v) is 5.26. The second kappa shape index (κ2) is 4.75. The molecule has 0 N–H and O–H groups in total. The predicted molar refractivity (Wildman–Crippen MR) is 57.5 cm³/mol. The minimum atomic E-state index is -0.0645. The highest BCUT2D eigenvalue weighted by Gasteiger charge is 2.15. The molecular formula is C12H13NO3. The summed E-state index contributed by atoms with van der Waals surface area (Å²) in [7, 11) is 0. The molecule has 0 amide bonds. The molecule has 0 radical (unpaired) electrons. The Labute approximate surface area is 94.3 Å². The smallest absolute Gasteiger partial charge is 0.231 e. The van der Waals surface area contributed by atoms with Gasteiger partial charge in [-0.05, 0) is 18.6 Å². The molecule has 0 aromatic heterocycles. The molecule has 1 aliphatic rings. The Bertz CT molecular complexity index is 411. The average Bonchev–Trinajstić information content (AvgIpc) is 2.75. The number of fused-ring (bicyclic) bond motifs is 1. The van der Waals surface area contributed by atoms with Crippen LogP contribution in [-0.2, 0) is 0 Å². The first-order valence-electron chi connectivity index (χ1n) is 5.26. The van der Waals surface area contributed by atoms with Crippen molar-refractivity contribution in [2.75, 3.05) is 6.79 Å². The number of nitriles is 1. The topological polar surface area (TPSA) is 51.5 Å². The molecule has 0 saturated carbocycles. The van der Waals surface area contributed by atoms with Gasteiger partial charge in [0.15, 0.2) is 11.5 Å². The largest absolute Gasteiger partial charge is 0.489 e. The second-order valence-corrected chi connectivity index (χ2v) is 3.53.